The van der Waals surface area contributed by atoms with Gasteiger partial charge >= 0.3 is 0 Å². The van der Waals surface area contributed by atoms with Crippen LogP contribution in [-0.4, -0.2) is 31.8 Å². The number of hydrogen-bond acceptors (Lipinski definition) is 3. The molecule has 1 heterocycles. The topological polar surface area (TPSA) is 24.5 Å². The van der Waals surface area contributed by atoms with Crippen LogP contribution >= 0.6 is 15.9 Å². The van der Waals surface area contributed by atoms with Crippen LogP contribution in [0.5, 0.6) is 0 Å². The number of benzene rings is 1. The predicted octanol–water partition coefficient (Wildman–Crippen LogP) is 4.12. The summed E-state index contributed by atoms with van der Waals surface area (Å²) in [6.07, 6.45) is 1.15. The molecule has 1 unspecified atom stereocenters. The van der Waals surface area contributed by atoms with Gasteiger partial charge in [-0.3, -0.25) is 0 Å². The van der Waals surface area contributed by atoms with Crippen LogP contribution in [0.1, 0.15) is 45.7 Å². The van der Waals surface area contributed by atoms with Gasteiger partial charge in [0, 0.05) is 29.3 Å². The Morgan fingerprint density at radius 3 is 2.86 bits per heavy atom. The van der Waals surface area contributed by atoms with Crippen molar-refractivity contribution in [1.29, 1.82) is 0 Å². The Morgan fingerprint density at radius 2 is 2.19 bits per heavy atom. The van der Waals surface area contributed by atoms with Crippen molar-refractivity contribution >= 4 is 21.6 Å². The molecule has 1 aromatic rings. The smallest absolute Gasteiger partial charge is 0.0801 e. The lowest BCUT2D eigenvalue weighted by Crippen LogP contribution is -2.48. The predicted molar refractivity (Wildman–Crippen MR) is 93.1 cm³/mol. The van der Waals surface area contributed by atoms with Gasteiger partial charge in [0.05, 0.1) is 12.2 Å². The first-order chi connectivity index (χ1) is 9.93. The maximum absolute atomic E-state index is 5.84. The molecular weight excluding hydrogens is 328 g/mol. The molecule has 0 bridgehead atoms. The fourth-order valence-electron chi connectivity index (χ4n) is 2.85. The summed E-state index contributed by atoms with van der Waals surface area (Å²) in [6.45, 7) is 12.5. The maximum Gasteiger partial charge on any atom is 0.0801 e. The van der Waals surface area contributed by atoms with Crippen LogP contribution in [0.15, 0.2) is 22.7 Å². The van der Waals surface area contributed by atoms with Crippen LogP contribution in [0.2, 0.25) is 0 Å². The van der Waals surface area contributed by atoms with Crippen molar-refractivity contribution in [2.75, 3.05) is 31.1 Å². The molecule has 2 rings (SSSR count). The summed E-state index contributed by atoms with van der Waals surface area (Å²) in [4.78, 5) is 2.45. The van der Waals surface area contributed by atoms with E-state index >= 15 is 0 Å². The molecule has 3 nitrogen and oxygen atoms in total. The highest BCUT2D eigenvalue weighted by Crippen LogP contribution is 2.32. The van der Waals surface area contributed by atoms with Gasteiger partial charge in [-0.25, -0.2) is 0 Å². The third kappa shape index (κ3) is 4.44. The van der Waals surface area contributed by atoms with Crippen molar-refractivity contribution in [2.24, 2.45) is 0 Å². The molecule has 1 atom stereocenters. The summed E-state index contributed by atoms with van der Waals surface area (Å²) in [7, 11) is 0. The van der Waals surface area contributed by atoms with E-state index in [4.69, 9.17) is 4.74 Å². The van der Waals surface area contributed by atoms with E-state index in [0.717, 1.165) is 37.1 Å². The Morgan fingerprint density at radius 1 is 1.43 bits per heavy atom. The number of ether oxygens (including phenoxy) is 1. The van der Waals surface area contributed by atoms with E-state index in [1.165, 1.54) is 11.3 Å². The zero-order chi connectivity index (χ0) is 15.5. The van der Waals surface area contributed by atoms with Crippen molar-refractivity contribution in [3.05, 3.63) is 28.2 Å². The second-order valence-electron chi connectivity index (χ2n) is 6.41. The SMILES string of the molecule is CCCNC(C)c1ccc(Br)cc1N1CCOC(C)(C)C1. The van der Waals surface area contributed by atoms with Crippen molar-refractivity contribution in [3.8, 4) is 0 Å². The number of nitrogens with one attached hydrogen (secondary N) is 1. The normalized spacial score (nSPS) is 19.6. The third-order valence-electron chi connectivity index (χ3n) is 3.93. The lowest BCUT2D eigenvalue weighted by Gasteiger charge is -2.40. The van der Waals surface area contributed by atoms with E-state index < -0.39 is 0 Å². The molecular formula is C17H27BrN2O. The summed E-state index contributed by atoms with van der Waals surface area (Å²) in [6, 6.07) is 6.96. The zero-order valence-corrected chi connectivity index (χ0v) is 15.2. The molecule has 0 aliphatic carbocycles. The molecule has 21 heavy (non-hydrogen) atoms. The molecule has 1 aromatic carbocycles. The minimum atomic E-state index is -0.0854. The van der Waals surface area contributed by atoms with Crippen LogP contribution in [0, 0.1) is 0 Å². The Labute approximate surface area is 137 Å². The Kier molecular flexibility index (Phi) is 5.69. The molecule has 1 saturated heterocycles. The van der Waals surface area contributed by atoms with Crippen molar-refractivity contribution in [2.45, 2.75) is 45.8 Å². The average Bonchev–Trinajstić information content (AvgIpc) is 2.43. The Bertz CT molecular complexity index is 476. The fourth-order valence-corrected chi connectivity index (χ4v) is 3.20. The summed E-state index contributed by atoms with van der Waals surface area (Å²) < 4.78 is 6.98. The van der Waals surface area contributed by atoms with E-state index in [2.05, 4.69) is 72.0 Å². The van der Waals surface area contributed by atoms with Crippen molar-refractivity contribution in [3.63, 3.8) is 0 Å². The first kappa shape index (κ1) is 16.8. The van der Waals surface area contributed by atoms with Gasteiger partial charge in [-0.2, -0.15) is 0 Å². The van der Waals surface area contributed by atoms with E-state index in [0.29, 0.717) is 6.04 Å². The molecule has 0 aromatic heterocycles. The monoisotopic (exact) mass is 354 g/mol. The minimum Gasteiger partial charge on any atom is -0.372 e. The van der Waals surface area contributed by atoms with Crippen LogP contribution in [0.4, 0.5) is 5.69 Å². The first-order valence-corrected chi connectivity index (χ1v) is 8.64. The largest absolute Gasteiger partial charge is 0.372 e. The molecule has 1 aliphatic rings. The molecule has 4 heteroatoms. The second-order valence-corrected chi connectivity index (χ2v) is 7.32. The molecule has 1 N–H and O–H groups in total. The Hall–Kier alpha value is -0.580. The van der Waals surface area contributed by atoms with Gasteiger partial charge < -0.3 is 15.0 Å². The molecule has 0 saturated carbocycles. The van der Waals surface area contributed by atoms with Gasteiger partial charge in [0.2, 0.25) is 0 Å². The quantitative estimate of drug-likeness (QED) is 0.860. The summed E-state index contributed by atoms with van der Waals surface area (Å²) in [5.41, 5.74) is 2.60. The number of nitrogens with zero attached hydrogens (tertiary/aromatic N) is 1. The molecule has 0 amide bonds. The van der Waals surface area contributed by atoms with Gasteiger partial charge in [0.25, 0.3) is 0 Å². The molecule has 1 aliphatic heterocycles. The lowest BCUT2D eigenvalue weighted by molar-refractivity contribution is -0.0277. The third-order valence-corrected chi connectivity index (χ3v) is 4.42. The van der Waals surface area contributed by atoms with Crippen LogP contribution in [0.25, 0.3) is 0 Å². The highest BCUT2D eigenvalue weighted by Gasteiger charge is 2.29. The summed E-state index contributed by atoms with van der Waals surface area (Å²) in [5.74, 6) is 0. The second kappa shape index (κ2) is 7.12. The molecule has 0 radical (unpaired) electrons. The number of rotatable bonds is 5. The van der Waals surface area contributed by atoms with Crippen LogP contribution < -0.4 is 10.2 Å². The van der Waals surface area contributed by atoms with E-state index in [1.54, 1.807) is 0 Å². The first-order valence-electron chi connectivity index (χ1n) is 7.84. The fraction of sp³-hybridized carbons (Fsp3) is 0.647. The van der Waals surface area contributed by atoms with Gasteiger partial charge in [0.1, 0.15) is 0 Å². The van der Waals surface area contributed by atoms with E-state index in [1.807, 2.05) is 0 Å². The zero-order valence-electron chi connectivity index (χ0n) is 13.6. The van der Waals surface area contributed by atoms with Crippen molar-refractivity contribution in [1.82, 2.24) is 5.32 Å². The number of halogens is 1. The number of morpholine rings is 1. The van der Waals surface area contributed by atoms with Crippen LogP contribution in [-0.2, 0) is 4.74 Å². The number of anilines is 1. The Balaban J connectivity index is 2.26. The highest BCUT2D eigenvalue weighted by molar-refractivity contribution is 9.10. The average molecular weight is 355 g/mol. The standard InChI is InChI=1S/C17H27BrN2O/c1-5-8-19-13(2)15-7-6-14(18)11-16(15)20-9-10-21-17(3,4)12-20/h6-7,11,13,19H,5,8-10,12H2,1-4H3. The van der Waals surface area contributed by atoms with E-state index in [-0.39, 0.29) is 5.60 Å². The minimum absolute atomic E-state index is 0.0854. The molecule has 118 valence electrons. The van der Waals surface area contributed by atoms with Gasteiger partial charge in [-0.1, -0.05) is 28.9 Å². The van der Waals surface area contributed by atoms with Crippen LogP contribution in [0.3, 0.4) is 0 Å². The summed E-state index contributed by atoms with van der Waals surface area (Å²) >= 11 is 3.61. The maximum atomic E-state index is 5.84. The number of hydrogen-bond donors (Lipinski definition) is 1. The highest BCUT2D eigenvalue weighted by atomic mass is 79.9. The van der Waals surface area contributed by atoms with Gasteiger partial charge in [0.15, 0.2) is 0 Å². The van der Waals surface area contributed by atoms with Gasteiger partial charge in [-0.15, -0.1) is 0 Å². The van der Waals surface area contributed by atoms with Crippen molar-refractivity contribution < 1.29 is 4.74 Å². The van der Waals surface area contributed by atoms with Gasteiger partial charge in [-0.05, 0) is 51.4 Å². The molecule has 0 spiro atoms. The molecule has 1 fully saturated rings. The van der Waals surface area contributed by atoms with E-state index in [9.17, 15) is 0 Å². The summed E-state index contributed by atoms with van der Waals surface area (Å²) in [5, 5.41) is 3.60. The lowest BCUT2D eigenvalue weighted by atomic mass is 10.0.